The van der Waals surface area contributed by atoms with Crippen molar-refractivity contribution in [2.24, 2.45) is 0 Å². The first kappa shape index (κ1) is 22.2. The van der Waals surface area contributed by atoms with E-state index in [0.29, 0.717) is 11.5 Å². The van der Waals surface area contributed by atoms with E-state index in [0.717, 1.165) is 16.8 Å². The largest absolute Gasteiger partial charge is 0.324 e. The molecular formula is C25H21ClFN5O. The van der Waals surface area contributed by atoms with Gasteiger partial charge < -0.3 is 5.32 Å². The molecule has 4 aromatic rings. The predicted octanol–water partition coefficient (Wildman–Crippen LogP) is 5.46. The highest BCUT2D eigenvalue weighted by Gasteiger charge is 2.25. The number of nitrogens with zero attached hydrogens (tertiary/aromatic N) is 3. The number of anilines is 2. The van der Waals surface area contributed by atoms with Crippen molar-refractivity contribution < 1.29 is 9.18 Å². The second-order valence-electron chi connectivity index (χ2n) is 7.59. The monoisotopic (exact) mass is 461 g/mol. The molecular weight excluding hydrogens is 441 g/mol. The van der Waals surface area contributed by atoms with Crippen molar-refractivity contribution in [1.82, 2.24) is 14.8 Å². The average molecular weight is 462 g/mol. The number of aromatic nitrogens is 3. The minimum Gasteiger partial charge on any atom is -0.324 e. The first-order chi connectivity index (χ1) is 15.6. The molecule has 1 amide bonds. The number of hydrogen-bond acceptors (Lipinski definition) is 4. The van der Waals surface area contributed by atoms with Crippen LogP contribution in [0, 0.1) is 12.7 Å². The Bertz CT molecular complexity index is 1300. The Labute approximate surface area is 196 Å². The van der Waals surface area contributed by atoms with Crippen molar-refractivity contribution in [3.05, 3.63) is 113 Å². The van der Waals surface area contributed by atoms with Gasteiger partial charge in [0, 0.05) is 11.3 Å². The maximum absolute atomic E-state index is 13.2. The van der Waals surface area contributed by atoms with Crippen LogP contribution < -0.4 is 10.6 Å². The van der Waals surface area contributed by atoms with Gasteiger partial charge in [0.15, 0.2) is 0 Å². The summed E-state index contributed by atoms with van der Waals surface area (Å²) in [7, 11) is 0. The quantitative estimate of drug-likeness (QED) is 0.423. The van der Waals surface area contributed by atoms with Crippen LogP contribution in [0.3, 0.4) is 0 Å². The molecule has 1 aliphatic rings. The van der Waals surface area contributed by atoms with Gasteiger partial charge in [-0.3, -0.25) is 10.1 Å². The van der Waals surface area contributed by atoms with Gasteiger partial charge in [-0.15, -0.1) is 17.5 Å². The smallest absolute Gasteiger partial charge is 0.258 e. The summed E-state index contributed by atoms with van der Waals surface area (Å²) < 4.78 is 14.9. The number of amides is 1. The van der Waals surface area contributed by atoms with Crippen LogP contribution in [0.2, 0.25) is 0 Å². The maximum atomic E-state index is 13.2. The lowest BCUT2D eigenvalue weighted by atomic mass is 10.0. The molecule has 1 atom stereocenters. The van der Waals surface area contributed by atoms with Gasteiger partial charge in [0.2, 0.25) is 5.95 Å². The third-order valence-corrected chi connectivity index (χ3v) is 5.30. The lowest BCUT2D eigenvalue weighted by Crippen LogP contribution is -2.20. The summed E-state index contributed by atoms with van der Waals surface area (Å²) in [4.78, 5) is 17.0. The SMILES string of the molecule is Cc1ccc(C2=CC(c3ccccc3)n3nc(NC(=O)c4ccc(F)cc4)nc3N2)cc1.Cl. The maximum Gasteiger partial charge on any atom is 0.258 e. The summed E-state index contributed by atoms with van der Waals surface area (Å²) in [6.45, 7) is 2.05. The number of hydrogen-bond donors (Lipinski definition) is 2. The Morgan fingerprint density at radius 3 is 2.39 bits per heavy atom. The molecule has 1 unspecified atom stereocenters. The topological polar surface area (TPSA) is 71.8 Å². The van der Waals surface area contributed by atoms with Gasteiger partial charge in [-0.2, -0.15) is 4.98 Å². The highest BCUT2D eigenvalue weighted by Crippen LogP contribution is 2.33. The van der Waals surface area contributed by atoms with E-state index in [9.17, 15) is 9.18 Å². The van der Waals surface area contributed by atoms with Crippen LogP contribution in [-0.4, -0.2) is 20.7 Å². The van der Waals surface area contributed by atoms with E-state index in [1.807, 2.05) is 37.3 Å². The van der Waals surface area contributed by atoms with Crippen LogP contribution in [0.5, 0.6) is 0 Å². The minimum absolute atomic E-state index is 0. The number of nitrogens with one attached hydrogen (secondary N) is 2. The first-order valence-corrected chi connectivity index (χ1v) is 10.2. The highest BCUT2D eigenvalue weighted by atomic mass is 35.5. The first-order valence-electron chi connectivity index (χ1n) is 10.2. The van der Waals surface area contributed by atoms with E-state index in [2.05, 4.69) is 51.1 Å². The zero-order chi connectivity index (χ0) is 22.1. The van der Waals surface area contributed by atoms with E-state index in [4.69, 9.17) is 0 Å². The molecule has 1 aliphatic heterocycles. The Hall–Kier alpha value is -3.97. The molecule has 166 valence electrons. The molecule has 6 nitrogen and oxygen atoms in total. The van der Waals surface area contributed by atoms with E-state index >= 15 is 0 Å². The van der Waals surface area contributed by atoms with Gasteiger partial charge in [0.1, 0.15) is 11.9 Å². The Kier molecular flexibility index (Phi) is 6.24. The van der Waals surface area contributed by atoms with Gasteiger partial charge in [0.25, 0.3) is 11.9 Å². The van der Waals surface area contributed by atoms with E-state index in [-0.39, 0.29) is 24.4 Å². The lowest BCUT2D eigenvalue weighted by Gasteiger charge is -2.24. The number of rotatable bonds is 4. The molecule has 5 rings (SSSR count). The predicted molar refractivity (Wildman–Crippen MR) is 129 cm³/mol. The lowest BCUT2D eigenvalue weighted by molar-refractivity contribution is 0.102. The summed E-state index contributed by atoms with van der Waals surface area (Å²) in [5, 5.41) is 10.6. The summed E-state index contributed by atoms with van der Waals surface area (Å²) in [6, 6.07) is 23.3. The molecule has 2 N–H and O–H groups in total. The molecule has 0 saturated heterocycles. The summed E-state index contributed by atoms with van der Waals surface area (Å²) in [5.41, 5.74) is 4.49. The fourth-order valence-electron chi connectivity index (χ4n) is 3.61. The average Bonchev–Trinajstić information content (AvgIpc) is 3.22. The Morgan fingerprint density at radius 2 is 1.70 bits per heavy atom. The van der Waals surface area contributed by atoms with Crippen molar-refractivity contribution in [1.29, 1.82) is 0 Å². The molecule has 0 spiro atoms. The fraction of sp³-hybridized carbons (Fsp3) is 0.0800. The number of aryl methyl sites for hydroxylation is 1. The highest BCUT2D eigenvalue weighted by molar-refractivity contribution is 6.03. The van der Waals surface area contributed by atoms with Crippen molar-refractivity contribution in [2.75, 3.05) is 10.6 Å². The second kappa shape index (κ2) is 9.26. The molecule has 0 bridgehead atoms. The number of carbonyl (C=O) groups is 1. The summed E-state index contributed by atoms with van der Waals surface area (Å²) >= 11 is 0. The van der Waals surface area contributed by atoms with Gasteiger partial charge in [0.05, 0.1) is 0 Å². The molecule has 0 aliphatic carbocycles. The molecule has 1 aromatic heterocycles. The Balaban J connectivity index is 0.00000259. The molecule has 0 radical (unpaired) electrons. The number of carbonyl (C=O) groups excluding carboxylic acids is 1. The summed E-state index contributed by atoms with van der Waals surface area (Å²) in [6.07, 6.45) is 2.09. The zero-order valence-electron chi connectivity index (χ0n) is 17.7. The number of fused-ring (bicyclic) bond motifs is 1. The van der Waals surface area contributed by atoms with Crippen LogP contribution >= 0.6 is 12.4 Å². The van der Waals surface area contributed by atoms with Crippen molar-refractivity contribution in [3.8, 4) is 0 Å². The molecule has 2 heterocycles. The molecule has 8 heteroatoms. The van der Waals surface area contributed by atoms with Crippen molar-refractivity contribution in [3.63, 3.8) is 0 Å². The van der Waals surface area contributed by atoms with Crippen LogP contribution in [0.15, 0.2) is 84.9 Å². The molecule has 0 fully saturated rings. The van der Waals surface area contributed by atoms with Crippen LogP contribution in [0.1, 0.15) is 33.1 Å². The Morgan fingerprint density at radius 1 is 1.00 bits per heavy atom. The van der Waals surface area contributed by atoms with Crippen LogP contribution in [0.4, 0.5) is 16.3 Å². The van der Waals surface area contributed by atoms with E-state index in [1.54, 1.807) is 4.68 Å². The van der Waals surface area contributed by atoms with E-state index < -0.39 is 11.7 Å². The van der Waals surface area contributed by atoms with Crippen LogP contribution in [-0.2, 0) is 0 Å². The van der Waals surface area contributed by atoms with Crippen LogP contribution in [0.25, 0.3) is 5.70 Å². The molecule has 0 saturated carbocycles. The molecule has 33 heavy (non-hydrogen) atoms. The van der Waals surface area contributed by atoms with E-state index in [1.165, 1.54) is 29.8 Å². The second-order valence-corrected chi connectivity index (χ2v) is 7.59. The standard InChI is InChI=1S/C25H20FN5O.ClH/c1-16-7-9-17(10-8-16)21-15-22(18-5-3-2-4-6-18)31-25(27-21)29-24(30-31)28-23(32)19-11-13-20(26)14-12-19;/h2-15,22H,1H3,(H2,27,28,29,30,32);1H. The van der Waals surface area contributed by atoms with Gasteiger partial charge in [-0.25, -0.2) is 9.07 Å². The summed E-state index contributed by atoms with van der Waals surface area (Å²) in [5.74, 6) is -0.120. The van der Waals surface area contributed by atoms with Gasteiger partial charge in [-0.1, -0.05) is 60.2 Å². The van der Waals surface area contributed by atoms with Crippen molar-refractivity contribution >= 4 is 35.9 Å². The molecule has 3 aromatic carbocycles. The zero-order valence-corrected chi connectivity index (χ0v) is 18.5. The minimum atomic E-state index is -0.407. The normalized spacial score (nSPS) is 14.4. The fourth-order valence-corrected chi connectivity index (χ4v) is 3.61. The number of benzene rings is 3. The van der Waals surface area contributed by atoms with Gasteiger partial charge >= 0.3 is 0 Å². The third kappa shape index (κ3) is 4.63. The van der Waals surface area contributed by atoms with Crippen molar-refractivity contribution in [2.45, 2.75) is 13.0 Å². The third-order valence-electron chi connectivity index (χ3n) is 5.30. The number of halogens is 2. The van der Waals surface area contributed by atoms with Gasteiger partial charge in [-0.05, 0) is 48.4 Å². The number of allylic oxidation sites excluding steroid dienone is 1.